The number of rotatable bonds is 5. The third-order valence-corrected chi connectivity index (χ3v) is 6.06. The van der Waals surface area contributed by atoms with Crippen LogP contribution in [-0.2, 0) is 10.0 Å². The van der Waals surface area contributed by atoms with Crippen LogP contribution in [0.25, 0.3) is 0 Å². The van der Waals surface area contributed by atoms with Crippen molar-refractivity contribution in [3.8, 4) is 0 Å². The Labute approximate surface area is 119 Å². The van der Waals surface area contributed by atoms with Gasteiger partial charge in [0.15, 0.2) is 0 Å². The Kier molecular flexibility index (Phi) is 5.83. The van der Waals surface area contributed by atoms with Gasteiger partial charge >= 0.3 is 0 Å². The first kappa shape index (κ1) is 16.9. The van der Waals surface area contributed by atoms with Crippen LogP contribution in [0.4, 0.5) is 0 Å². The third kappa shape index (κ3) is 5.40. The van der Waals surface area contributed by atoms with Crippen molar-refractivity contribution in [2.45, 2.75) is 65.0 Å². The van der Waals surface area contributed by atoms with Gasteiger partial charge < -0.3 is 5.32 Å². The van der Waals surface area contributed by atoms with Crippen LogP contribution in [-0.4, -0.2) is 44.7 Å². The van der Waals surface area contributed by atoms with Crippen LogP contribution >= 0.6 is 0 Å². The average molecular weight is 290 g/mol. The molecule has 114 valence electrons. The molecule has 1 N–H and O–H groups in total. The molecule has 19 heavy (non-hydrogen) atoms. The summed E-state index contributed by atoms with van der Waals surface area (Å²) in [5, 5.41) is 3.28. The van der Waals surface area contributed by atoms with Gasteiger partial charge in [-0.2, -0.15) is 0 Å². The van der Waals surface area contributed by atoms with E-state index in [0.717, 1.165) is 25.7 Å². The molecule has 1 aliphatic rings. The zero-order valence-corrected chi connectivity index (χ0v) is 13.9. The van der Waals surface area contributed by atoms with E-state index in [1.165, 1.54) is 0 Å². The van der Waals surface area contributed by atoms with Crippen LogP contribution in [0.5, 0.6) is 0 Å². The highest BCUT2D eigenvalue weighted by atomic mass is 32.2. The minimum atomic E-state index is -3.10. The summed E-state index contributed by atoms with van der Waals surface area (Å²) in [6.07, 6.45) is 4.79. The van der Waals surface area contributed by atoms with E-state index in [1.807, 2.05) is 7.05 Å². The van der Waals surface area contributed by atoms with E-state index >= 15 is 0 Å². The second kappa shape index (κ2) is 6.55. The first-order valence-corrected chi connectivity index (χ1v) is 8.89. The van der Waals surface area contributed by atoms with Crippen molar-refractivity contribution in [3.63, 3.8) is 0 Å². The first-order chi connectivity index (χ1) is 8.65. The van der Waals surface area contributed by atoms with E-state index in [0.29, 0.717) is 12.5 Å². The van der Waals surface area contributed by atoms with Crippen molar-refractivity contribution < 1.29 is 8.42 Å². The summed E-state index contributed by atoms with van der Waals surface area (Å²) < 4.78 is 26.3. The topological polar surface area (TPSA) is 49.4 Å². The summed E-state index contributed by atoms with van der Waals surface area (Å²) >= 11 is 0. The van der Waals surface area contributed by atoms with Crippen LogP contribution in [0.3, 0.4) is 0 Å². The Morgan fingerprint density at radius 1 is 1.16 bits per heavy atom. The van der Waals surface area contributed by atoms with Crippen molar-refractivity contribution >= 4 is 10.0 Å². The molecule has 0 atom stereocenters. The Morgan fingerprint density at radius 3 is 2.11 bits per heavy atom. The van der Waals surface area contributed by atoms with E-state index in [9.17, 15) is 8.42 Å². The van der Waals surface area contributed by atoms with Crippen molar-refractivity contribution in [2.24, 2.45) is 5.41 Å². The van der Waals surface area contributed by atoms with Gasteiger partial charge in [-0.3, -0.25) is 0 Å². The third-order valence-electron chi connectivity index (χ3n) is 4.17. The molecular formula is C14H30N2O2S. The molecule has 0 heterocycles. The van der Waals surface area contributed by atoms with Crippen LogP contribution in [0.1, 0.15) is 52.9 Å². The van der Waals surface area contributed by atoms with Gasteiger partial charge in [0, 0.05) is 19.1 Å². The monoisotopic (exact) mass is 290 g/mol. The van der Waals surface area contributed by atoms with Crippen LogP contribution in [0.15, 0.2) is 0 Å². The molecule has 0 spiro atoms. The molecule has 1 fully saturated rings. The van der Waals surface area contributed by atoms with Gasteiger partial charge in [-0.05, 0) is 44.6 Å². The van der Waals surface area contributed by atoms with Gasteiger partial charge in [0.2, 0.25) is 10.0 Å². The minimum absolute atomic E-state index is 0.0672. The maximum atomic E-state index is 12.3. The molecule has 1 saturated carbocycles. The predicted octanol–water partition coefficient (Wildman–Crippen LogP) is 2.21. The van der Waals surface area contributed by atoms with Gasteiger partial charge in [-0.25, -0.2) is 12.7 Å². The summed E-state index contributed by atoms with van der Waals surface area (Å²) in [7, 11) is 0.629. The number of nitrogens with zero attached hydrogens (tertiary/aromatic N) is 1. The zero-order chi connectivity index (χ0) is 14.7. The largest absolute Gasteiger partial charge is 0.317 e. The second-order valence-electron chi connectivity index (χ2n) is 6.94. The highest BCUT2D eigenvalue weighted by Crippen LogP contribution is 2.26. The average Bonchev–Trinajstić information content (AvgIpc) is 2.35. The molecule has 0 aromatic carbocycles. The lowest BCUT2D eigenvalue weighted by Gasteiger charge is -2.34. The standard InChI is InChI=1S/C14H30N2O2S/c1-14(2,3)10-11-19(17,18)16(5)13-8-6-12(15-4)7-9-13/h12-13,15H,6-11H2,1-5H3. The molecule has 0 aromatic heterocycles. The molecule has 0 saturated heterocycles. The maximum absolute atomic E-state index is 12.3. The van der Waals surface area contributed by atoms with Crippen LogP contribution in [0, 0.1) is 5.41 Å². The smallest absolute Gasteiger partial charge is 0.214 e. The fraction of sp³-hybridized carbons (Fsp3) is 1.00. The van der Waals surface area contributed by atoms with Crippen LogP contribution < -0.4 is 5.32 Å². The fourth-order valence-corrected chi connectivity index (χ4v) is 4.36. The molecule has 0 amide bonds. The second-order valence-corrected chi connectivity index (χ2v) is 9.09. The molecule has 0 bridgehead atoms. The van der Waals surface area contributed by atoms with Gasteiger partial charge in [-0.15, -0.1) is 0 Å². The van der Waals surface area contributed by atoms with E-state index < -0.39 is 10.0 Å². The Balaban J connectivity index is 2.54. The Morgan fingerprint density at radius 2 is 1.68 bits per heavy atom. The fourth-order valence-electron chi connectivity index (χ4n) is 2.53. The molecule has 0 radical (unpaired) electrons. The minimum Gasteiger partial charge on any atom is -0.317 e. The quantitative estimate of drug-likeness (QED) is 0.844. The highest BCUT2D eigenvalue weighted by Gasteiger charge is 2.30. The first-order valence-electron chi connectivity index (χ1n) is 7.29. The summed E-state index contributed by atoms with van der Waals surface area (Å²) in [5.41, 5.74) is 0.0672. The SMILES string of the molecule is CNC1CCC(N(C)S(=O)(=O)CCC(C)(C)C)CC1. The van der Waals surface area contributed by atoms with E-state index in [2.05, 4.69) is 26.1 Å². The van der Waals surface area contributed by atoms with Crippen molar-refractivity contribution in [1.82, 2.24) is 9.62 Å². The number of sulfonamides is 1. The van der Waals surface area contributed by atoms with Crippen molar-refractivity contribution in [2.75, 3.05) is 19.8 Å². The Bertz CT molecular complexity index is 365. The predicted molar refractivity (Wildman–Crippen MR) is 80.7 cm³/mol. The molecule has 4 nitrogen and oxygen atoms in total. The lowest BCUT2D eigenvalue weighted by atomic mass is 9.91. The van der Waals surface area contributed by atoms with Gasteiger partial charge in [0.1, 0.15) is 0 Å². The number of hydrogen-bond acceptors (Lipinski definition) is 3. The highest BCUT2D eigenvalue weighted by molar-refractivity contribution is 7.89. The Hall–Kier alpha value is -0.130. The van der Waals surface area contributed by atoms with Gasteiger partial charge in [0.05, 0.1) is 5.75 Å². The molecular weight excluding hydrogens is 260 g/mol. The van der Waals surface area contributed by atoms with E-state index in [1.54, 1.807) is 11.4 Å². The molecule has 1 aliphatic carbocycles. The summed E-state index contributed by atoms with van der Waals surface area (Å²) in [4.78, 5) is 0. The molecule has 0 aliphatic heterocycles. The lowest BCUT2D eigenvalue weighted by molar-refractivity contribution is 0.253. The van der Waals surface area contributed by atoms with E-state index in [-0.39, 0.29) is 17.2 Å². The summed E-state index contributed by atoms with van der Waals surface area (Å²) in [5.74, 6) is 0.263. The van der Waals surface area contributed by atoms with Gasteiger partial charge in [0.25, 0.3) is 0 Å². The molecule has 0 unspecified atom stereocenters. The normalized spacial score (nSPS) is 25.8. The summed E-state index contributed by atoms with van der Waals surface area (Å²) in [6, 6.07) is 0.747. The molecule has 1 rings (SSSR count). The van der Waals surface area contributed by atoms with Crippen molar-refractivity contribution in [3.05, 3.63) is 0 Å². The zero-order valence-electron chi connectivity index (χ0n) is 13.1. The summed E-state index contributed by atoms with van der Waals surface area (Å²) in [6.45, 7) is 6.25. The van der Waals surface area contributed by atoms with Crippen molar-refractivity contribution in [1.29, 1.82) is 0 Å². The van der Waals surface area contributed by atoms with E-state index in [4.69, 9.17) is 0 Å². The number of nitrogens with one attached hydrogen (secondary N) is 1. The molecule has 5 heteroatoms. The lowest BCUT2D eigenvalue weighted by Crippen LogP contribution is -2.43. The number of hydrogen-bond donors (Lipinski definition) is 1. The maximum Gasteiger partial charge on any atom is 0.214 e. The van der Waals surface area contributed by atoms with Gasteiger partial charge in [-0.1, -0.05) is 20.8 Å². The molecule has 0 aromatic rings. The van der Waals surface area contributed by atoms with Crippen LogP contribution in [0.2, 0.25) is 0 Å².